The number of fused-ring (bicyclic) bond motifs is 1. The van der Waals surface area contributed by atoms with Gasteiger partial charge in [-0.05, 0) is 24.3 Å². The van der Waals surface area contributed by atoms with E-state index in [0.29, 0.717) is 30.7 Å². The fourth-order valence-electron chi connectivity index (χ4n) is 2.47. The highest BCUT2D eigenvalue weighted by Crippen LogP contribution is 2.35. The van der Waals surface area contributed by atoms with Crippen molar-refractivity contribution in [3.05, 3.63) is 48.5 Å². The van der Waals surface area contributed by atoms with E-state index in [9.17, 15) is 8.42 Å². The van der Waals surface area contributed by atoms with E-state index >= 15 is 0 Å². The molecule has 0 fully saturated rings. The van der Waals surface area contributed by atoms with Crippen molar-refractivity contribution in [2.45, 2.75) is 35.8 Å². The van der Waals surface area contributed by atoms with Crippen molar-refractivity contribution in [3.63, 3.8) is 0 Å². The van der Waals surface area contributed by atoms with Crippen LogP contribution in [0.15, 0.2) is 58.3 Å². The number of hydrogen-bond acceptors (Lipinski definition) is 5. The molecule has 0 radical (unpaired) electrons. The summed E-state index contributed by atoms with van der Waals surface area (Å²) in [5.41, 5.74) is 0. The highest BCUT2D eigenvalue weighted by molar-refractivity contribution is 7.91. The summed E-state index contributed by atoms with van der Waals surface area (Å²) in [6.45, 7) is 5.20. The van der Waals surface area contributed by atoms with E-state index in [1.165, 1.54) is 0 Å². The maximum absolute atomic E-state index is 12.7. The van der Waals surface area contributed by atoms with Crippen LogP contribution in [0.1, 0.15) is 13.8 Å². The van der Waals surface area contributed by atoms with Crippen LogP contribution in [0.2, 0.25) is 0 Å². The van der Waals surface area contributed by atoms with Crippen molar-refractivity contribution in [2.24, 2.45) is 0 Å². The monoisotopic (exact) mass is 347 g/mol. The molecule has 1 atom stereocenters. The quantitative estimate of drug-likeness (QED) is 0.901. The van der Waals surface area contributed by atoms with Crippen molar-refractivity contribution in [3.8, 4) is 11.5 Å². The maximum atomic E-state index is 12.7. The summed E-state index contributed by atoms with van der Waals surface area (Å²) >= 11 is 0. The van der Waals surface area contributed by atoms with Crippen LogP contribution in [-0.4, -0.2) is 33.7 Å². The lowest BCUT2D eigenvalue weighted by Gasteiger charge is -2.27. The zero-order chi connectivity index (χ0) is 17.2. The van der Waals surface area contributed by atoms with Gasteiger partial charge in [0.15, 0.2) is 11.5 Å². The van der Waals surface area contributed by atoms with Crippen molar-refractivity contribution in [1.29, 1.82) is 0 Å². The second-order valence-corrected chi connectivity index (χ2v) is 7.99. The van der Waals surface area contributed by atoms with Gasteiger partial charge in [0, 0.05) is 18.7 Å². The number of rotatable bonds is 5. The third kappa shape index (κ3) is 3.55. The topological polar surface area (TPSA) is 64.6 Å². The summed E-state index contributed by atoms with van der Waals surface area (Å²) in [5, 5.41) is 3.29. The van der Waals surface area contributed by atoms with Crippen LogP contribution in [0.3, 0.4) is 0 Å². The summed E-state index contributed by atoms with van der Waals surface area (Å²) in [6.07, 6.45) is -0.144. The van der Waals surface area contributed by atoms with Gasteiger partial charge in [0.25, 0.3) is 0 Å². The molecule has 128 valence electrons. The summed E-state index contributed by atoms with van der Waals surface area (Å²) in [4.78, 5) is 0.466. The van der Waals surface area contributed by atoms with E-state index < -0.39 is 9.84 Å². The van der Waals surface area contributed by atoms with Crippen molar-refractivity contribution < 1.29 is 17.9 Å². The molecule has 0 aliphatic carbocycles. The van der Waals surface area contributed by atoms with Gasteiger partial charge in [-0.1, -0.05) is 32.0 Å². The zero-order valence-corrected chi connectivity index (χ0v) is 14.5. The Morgan fingerprint density at radius 2 is 1.83 bits per heavy atom. The van der Waals surface area contributed by atoms with Crippen LogP contribution in [0.4, 0.5) is 0 Å². The lowest BCUT2D eigenvalue weighted by Crippen LogP contribution is -2.40. The first-order chi connectivity index (χ1) is 11.5. The SMILES string of the molecule is CC(C)NC[C@H]1COc2ccc(S(=O)(=O)c3ccccc3)cc2O1. The van der Waals surface area contributed by atoms with Crippen LogP contribution in [0.5, 0.6) is 11.5 Å². The zero-order valence-electron chi connectivity index (χ0n) is 13.7. The third-order valence-electron chi connectivity index (χ3n) is 3.75. The van der Waals surface area contributed by atoms with Crippen molar-refractivity contribution >= 4 is 9.84 Å². The van der Waals surface area contributed by atoms with E-state index in [4.69, 9.17) is 9.47 Å². The lowest BCUT2D eigenvalue weighted by molar-refractivity contribution is 0.0886. The molecule has 0 bridgehead atoms. The first-order valence-corrected chi connectivity index (χ1v) is 9.42. The van der Waals surface area contributed by atoms with Crippen molar-refractivity contribution in [2.75, 3.05) is 13.2 Å². The predicted octanol–water partition coefficient (Wildman–Crippen LogP) is 2.66. The van der Waals surface area contributed by atoms with Crippen LogP contribution < -0.4 is 14.8 Å². The molecule has 2 aromatic carbocycles. The summed E-state index contributed by atoms with van der Waals surface area (Å²) in [6, 6.07) is 13.5. The first kappa shape index (κ1) is 16.8. The molecular weight excluding hydrogens is 326 g/mol. The maximum Gasteiger partial charge on any atom is 0.206 e. The van der Waals surface area contributed by atoms with E-state index in [1.807, 2.05) is 0 Å². The van der Waals surface area contributed by atoms with Gasteiger partial charge in [0.2, 0.25) is 9.84 Å². The molecule has 2 aromatic rings. The molecule has 0 unspecified atom stereocenters. The predicted molar refractivity (Wildman–Crippen MR) is 91.4 cm³/mol. The number of hydrogen-bond donors (Lipinski definition) is 1. The molecule has 0 amide bonds. The molecule has 0 saturated carbocycles. The Morgan fingerprint density at radius 1 is 1.08 bits per heavy atom. The normalized spacial score (nSPS) is 17.0. The molecule has 1 N–H and O–H groups in total. The highest BCUT2D eigenvalue weighted by atomic mass is 32.2. The second-order valence-electron chi connectivity index (χ2n) is 6.04. The standard InChI is InChI=1S/C18H21NO4S/c1-13(2)19-11-14-12-22-17-9-8-16(10-18(17)23-14)24(20,21)15-6-4-3-5-7-15/h3-10,13-14,19H,11-12H2,1-2H3/t14-/m0/s1. The molecule has 1 heterocycles. The molecule has 1 aliphatic rings. The largest absolute Gasteiger partial charge is 0.486 e. The van der Waals surface area contributed by atoms with Gasteiger partial charge in [0.1, 0.15) is 12.7 Å². The van der Waals surface area contributed by atoms with Gasteiger partial charge < -0.3 is 14.8 Å². The molecular formula is C18H21NO4S. The fraction of sp³-hybridized carbons (Fsp3) is 0.333. The fourth-order valence-corrected chi connectivity index (χ4v) is 3.76. The lowest BCUT2D eigenvalue weighted by atomic mass is 10.2. The first-order valence-electron chi connectivity index (χ1n) is 7.94. The number of nitrogens with one attached hydrogen (secondary N) is 1. The minimum Gasteiger partial charge on any atom is -0.486 e. The van der Waals surface area contributed by atoms with Crippen molar-refractivity contribution in [1.82, 2.24) is 5.32 Å². The van der Waals surface area contributed by atoms with Gasteiger partial charge in [0.05, 0.1) is 9.79 Å². The van der Waals surface area contributed by atoms with Gasteiger partial charge in [-0.25, -0.2) is 8.42 Å². The molecule has 5 nitrogen and oxygen atoms in total. The molecule has 0 aromatic heterocycles. The second kappa shape index (κ2) is 6.83. The molecule has 0 saturated heterocycles. The minimum absolute atomic E-state index is 0.144. The van der Waals surface area contributed by atoms with E-state index in [1.54, 1.807) is 48.5 Å². The van der Waals surface area contributed by atoms with Gasteiger partial charge in [-0.15, -0.1) is 0 Å². The Labute approximate surface area is 142 Å². The highest BCUT2D eigenvalue weighted by Gasteiger charge is 2.25. The number of sulfone groups is 1. The molecule has 3 rings (SSSR count). The third-order valence-corrected chi connectivity index (χ3v) is 5.52. The Hall–Kier alpha value is -2.05. The van der Waals surface area contributed by atoms with E-state index in [0.717, 1.165) is 0 Å². The Kier molecular flexibility index (Phi) is 4.78. The smallest absolute Gasteiger partial charge is 0.206 e. The van der Waals surface area contributed by atoms with E-state index in [-0.39, 0.29) is 15.9 Å². The molecule has 24 heavy (non-hydrogen) atoms. The van der Waals surface area contributed by atoms with Gasteiger partial charge in [-0.2, -0.15) is 0 Å². The van der Waals surface area contributed by atoms with Crippen LogP contribution in [0.25, 0.3) is 0 Å². The minimum atomic E-state index is -3.57. The van der Waals surface area contributed by atoms with E-state index in [2.05, 4.69) is 19.2 Å². The Morgan fingerprint density at radius 3 is 2.54 bits per heavy atom. The van der Waals surface area contributed by atoms with Gasteiger partial charge in [-0.3, -0.25) is 0 Å². The Bertz CT molecular complexity index is 803. The average Bonchev–Trinajstić information content (AvgIpc) is 2.60. The number of ether oxygens (including phenoxy) is 2. The summed E-state index contributed by atoms with van der Waals surface area (Å²) < 4.78 is 37.0. The molecule has 1 aliphatic heterocycles. The summed E-state index contributed by atoms with van der Waals surface area (Å²) in [5.74, 6) is 1.04. The average molecular weight is 347 g/mol. The van der Waals surface area contributed by atoms with Crippen LogP contribution in [-0.2, 0) is 9.84 Å². The van der Waals surface area contributed by atoms with Crippen LogP contribution in [0, 0.1) is 0 Å². The van der Waals surface area contributed by atoms with Gasteiger partial charge >= 0.3 is 0 Å². The molecule has 0 spiro atoms. The van der Waals surface area contributed by atoms with Crippen LogP contribution >= 0.6 is 0 Å². The summed E-state index contributed by atoms with van der Waals surface area (Å²) in [7, 11) is -3.57. The molecule has 6 heteroatoms. The number of benzene rings is 2. The Balaban J connectivity index is 1.85.